The second-order valence-electron chi connectivity index (χ2n) is 8.67. The zero-order chi connectivity index (χ0) is 23.0. The van der Waals surface area contributed by atoms with Crippen LogP contribution in [0.15, 0.2) is 72.8 Å². The number of hydrogen-bond donors (Lipinski definition) is 0. The predicted octanol–water partition coefficient (Wildman–Crippen LogP) is 6.51. The van der Waals surface area contributed by atoms with Crippen LogP contribution in [-0.2, 0) is 11.2 Å². The van der Waals surface area contributed by atoms with Crippen molar-refractivity contribution < 1.29 is 10.8 Å². The molecule has 0 saturated carbocycles. The van der Waals surface area contributed by atoms with Gasteiger partial charge < -0.3 is 9.47 Å². The van der Waals surface area contributed by atoms with Crippen LogP contribution in [-0.4, -0.2) is 37.7 Å². The van der Waals surface area contributed by atoms with Crippen LogP contribution in [0.25, 0.3) is 11.1 Å². The van der Waals surface area contributed by atoms with Gasteiger partial charge in [-0.1, -0.05) is 68.1 Å². The molecular weight excluding hydrogens is 394 g/mol. The fraction of sp³-hybridized carbons (Fsp3) is 0.379. The van der Waals surface area contributed by atoms with E-state index in [-0.39, 0.29) is 6.10 Å². The second kappa shape index (κ2) is 10.3. The van der Waals surface area contributed by atoms with Gasteiger partial charge in [-0.3, -0.25) is 4.90 Å². The summed E-state index contributed by atoms with van der Waals surface area (Å²) in [7, 11) is 2.97. The third-order valence-corrected chi connectivity index (χ3v) is 6.80. The first-order chi connectivity index (χ1) is 16.3. The average molecular weight is 432 g/mol. The predicted molar refractivity (Wildman–Crippen MR) is 132 cm³/mol. The molecule has 0 radical (unpaired) electrons. The largest absolute Gasteiger partial charge is 0.497 e. The lowest BCUT2D eigenvalue weighted by atomic mass is 10.1. The van der Waals surface area contributed by atoms with Crippen molar-refractivity contribution in [3.63, 3.8) is 0 Å². The molecule has 0 aromatic heterocycles. The second-order valence-corrected chi connectivity index (χ2v) is 8.67. The van der Waals surface area contributed by atoms with E-state index in [9.17, 15) is 0 Å². The standard InChI is InChI=1S/C28H31NO2.CH4/c1-30-23-16-14-21(15-17-23)8-6-18-29-19-7-9-22(29)20-31-28-26-12-4-2-10-24(26)25-11-3-5-13-27(25)28;/h2-5,10-17,22,28H,6-9,18-20H2,1H3;1H4/t22-;/m0./s1/i;1T. The molecule has 1 saturated heterocycles. The minimum atomic E-state index is 0.0640. The van der Waals surface area contributed by atoms with Crippen LogP contribution in [0.4, 0.5) is 0 Å². The lowest BCUT2D eigenvalue weighted by molar-refractivity contribution is 0.0397. The maximum atomic E-state index is 6.60. The molecule has 0 amide bonds. The van der Waals surface area contributed by atoms with Gasteiger partial charge in [0, 0.05) is 7.41 Å². The van der Waals surface area contributed by atoms with Gasteiger partial charge in [0.15, 0.2) is 0 Å². The quantitative estimate of drug-likeness (QED) is 0.405. The van der Waals surface area contributed by atoms with Crippen LogP contribution in [0.1, 0.15) is 50.8 Å². The summed E-state index contributed by atoms with van der Waals surface area (Å²) in [6, 6.07) is 26.4. The topological polar surface area (TPSA) is 21.7 Å². The summed E-state index contributed by atoms with van der Waals surface area (Å²) >= 11 is 0. The smallest absolute Gasteiger partial charge is 0.118 e. The fourth-order valence-corrected chi connectivity index (χ4v) is 5.15. The molecule has 2 aliphatic rings. The Morgan fingerprint density at radius 1 is 0.938 bits per heavy atom. The Morgan fingerprint density at radius 3 is 2.25 bits per heavy atom. The normalized spacial score (nSPS) is 17.8. The summed E-state index contributed by atoms with van der Waals surface area (Å²) in [6.45, 7) is 3.13. The number of ether oxygens (including phenoxy) is 2. The van der Waals surface area contributed by atoms with Gasteiger partial charge in [-0.2, -0.15) is 0 Å². The lowest BCUT2D eigenvalue weighted by Crippen LogP contribution is -2.34. The van der Waals surface area contributed by atoms with Crippen LogP contribution in [0, 0.1) is 0 Å². The summed E-state index contributed by atoms with van der Waals surface area (Å²) in [5, 5.41) is 0. The van der Waals surface area contributed by atoms with E-state index in [0.717, 1.165) is 25.3 Å². The maximum absolute atomic E-state index is 6.60. The first-order valence-electron chi connectivity index (χ1n) is 12.5. The molecule has 3 heteroatoms. The van der Waals surface area contributed by atoms with E-state index in [4.69, 9.17) is 10.8 Å². The highest BCUT2D eigenvalue weighted by Crippen LogP contribution is 2.45. The van der Waals surface area contributed by atoms with Crippen molar-refractivity contribution >= 4 is 0 Å². The molecular formula is C29H35NO2. The van der Waals surface area contributed by atoms with Crippen molar-refractivity contribution in [2.24, 2.45) is 0 Å². The molecule has 1 fully saturated rings. The molecule has 0 bridgehead atoms. The number of benzene rings is 3. The molecule has 3 aromatic rings. The monoisotopic (exact) mass is 431 g/mol. The van der Waals surface area contributed by atoms with E-state index in [2.05, 4.69) is 77.7 Å². The average Bonchev–Trinajstić information content (AvgIpc) is 3.46. The summed E-state index contributed by atoms with van der Waals surface area (Å²) in [5.74, 6) is 0.926. The summed E-state index contributed by atoms with van der Waals surface area (Å²) in [4.78, 5) is 2.64. The van der Waals surface area contributed by atoms with Gasteiger partial charge in [0.25, 0.3) is 0 Å². The van der Waals surface area contributed by atoms with Crippen molar-refractivity contribution in [1.29, 1.82) is 0 Å². The Labute approximate surface area is 194 Å². The molecule has 5 rings (SSSR count). The molecule has 1 aliphatic heterocycles. The Kier molecular flexibility index (Phi) is 6.86. The Balaban J connectivity index is 0.00000126. The lowest BCUT2D eigenvalue weighted by Gasteiger charge is -2.26. The number of fused-ring (bicyclic) bond motifs is 3. The highest BCUT2D eigenvalue weighted by Gasteiger charge is 2.31. The van der Waals surface area contributed by atoms with Gasteiger partial charge in [-0.15, -0.1) is 0 Å². The van der Waals surface area contributed by atoms with Gasteiger partial charge in [-0.05, 0) is 78.7 Å². The molecule has 0 N–H and O–H groups in total. The van der Waals surface area contributed by atoms with Crippen molar-refractivity contribution in [3.8, 4) is 16.9 Å². The minimum absolute atomic E-state index is 0.0640. The Hall–Kier alpha value is -2.62. The molecule has 0 unspecified atom stereocenters. The molecule has 32 heavy (non-hydrogen) atoms. The molecule has 1 atom stereocenters. The van der Waals surface area contributed by atoms with E-state index < -0.39 is 0 Å². The van der Waals surface area contributed by atoms with E-state index in [0.29, 0.717) is 6.04 Å². The zero-order valence-electron chi connectivity index (χ0n) is 20.3. The van der Waals surface area contributed by atoms with Gasteiger partial charge in [0.1, 0.15) is 11.9 Å². The first-order valence-corrected chi connectivity index (χ1v) is 11.5. The Bertz CT molecular complexity index is 975. The zero-order valence-corrected chi connectivity index (χ0v) is 19.3. The third kappa shape index (κ3) is 4.60. The molecule has 0 spiro atoms. The van der Waals surface area contributed by atoms with E-state index in [1.165, 1.54) is 61.0 Å². The van der Waals surface area contributed by atoms with Crippen molar-refractivity contribution in [1.82, 2.24) is 4.90 Å². The molecule has 1 aliphatic carbocycles. The summed E-state index contributed by atoms with van der Waals surface area (Å²) < 4.78 is 17.6. The fourth-order valence-electron chi connectivity index (χ4n) is 5.15. The van der Waals surface area contributed by atoms with Crippen LogP contribution >= 0.6 is 0 Å². The maximum Gasteiger partial charge on any atom is 0.118 e. The number of nitrogens with zero attached hydrogens (tertiary/aromatic N) is 1. The van der Waals surface area contributed by atoms with Crippen LogP contribution in [0.2, 0.25) is 0 Å². The van der Waals surface area contributed by atoms with E-state index in [1.54, 1.807) is 7.11 Å². The third-order valence-electron chi connectivity index (χ3n) is 6.80. The van der Waals surface area contributed by atoms with E-state index in [1.807, 2.05) is 0 Å². The molecule has 168 valence electrons. The Morgan fingerprint density at radius 2 is 1.59 bits per heavy atom. The van der Waals surface area contributed by atoms with Gasteiger partial charge in [-0.25, -0.2) is 0 Å². The van der Waals surface area contributed by atoms with E-state index >= 15 is 0 Å². The van der Waals surface area contributed by atoms with Crippen LogP contribution in [0.3, 0.4) is 0 Å². The summed E-state index contributed by atoms with van der Waals surface area (Å²) in [6.07, 6.45) is 4.86. The van der Waals surface area contributed by atoms with Crippen LogP contribution in [0.5, 0.6) is 5.75 Å². The van der Waals surface area contributed by atoms with Crippen LogP contribution < -0.4 is 4.74 Å². The van der Waals surface area contributed by atoms with Gasteiger partial charge in [0.2, 0.25) is 0 Å². The van der Waals surface area contributed by atoms with Gasteiger partial charge >= 0.3 is 0 Å². The van der Waals surface area contributed by atoms with Crippen molar-refractivity contribution in [3.05, 3.63) is 89.5 Å². The minimum Gasteiger partial charge on any atom is -0.497 e. The number of hydrogen-bond acceptors (Lipinski definition) is 3. The number of rotatable bonds is 8. The molecule has 3 nitrogen and oxygen atoms in total. The van der Waals surface area contributed by atoms with Crippen molar-refractivity contribution in [2.45, 2.75) is 45.2 Å². The number of aryl methyl sites for hydroxylation is 1. The molecule has 3 aromatic carbocycles. The first kappa shape index (κ1) is 21.2. The summed E-state index contributed by atoms with van der Waals surface area (Å²) in [5.41, 5.74) is 6.66. The SMILES string of the molecule is COc1ccc(CCCN2CCC[C@H]2COC2c3ccccc3-c3ccccc32)cc1.[3H]C. The number of methoxy groups -OCH3 is 1. The van der Waals surface area contributed by atoms with Crippen molar-refractivity contribution in [2.75, 3.05) is 26.8 Å². The highest BCUT2D eigenvalue weighted by molar-refractivity contribution is 5.78. The number of likely N-dealkylation sites (tertiary alicyclic amines) is 1. The molecule has 1 heterocycles. The highest BCUT2D eigenvalue weighted by atomic mass is 16.5. The van der Waals surface area contributed by atoms with Gasteiger partial charge in [0.05, 0.1) is 13.7 Å².